The van der Waals surface area contributed by atoms with Crippen molar-refractivity contribution < 1.29 is 60.5 Å². The smallest absolute Gasteiger partial charge is 0.0770 e. The Balaban J connectivity index is 0. The monoisotopic (exact) mass is 1180 g/mol. The molecule has 0 heterocycles. The maximum Gasteiger partial charge on any atom is 0.0770 e. The molecule has 8 aliphatic rings. The van der Waals surface area contributed by atoms with Crippen molar-refractivity contribution in [2.75, 3.05) is 40.6 Å². The second-order valence-corrected chi connectivity index (χ2v) is 29.7. The third-order valence-corrected chi connectivity index (χ3v) is 20.6. The molecule has 0 radical (unpaired) electrons. The summed E-state index contributed by atoms with van der Waals surface area (Å²) in [6.45, 7) is 43.7. The molecular weight excluding hydrogens is 1030 g/mol. The first-order valence-corrected chi connectivity index (χ1v) is 33.7. The zero-order valence-corrected chi connectivity index (χ0v) is 57.7. The molecule has 0 aromatic heterocycles. The van der Waals surface area contributed by atoms with E-state index < -0.39 is 0 Å². The highest BCUT2D eigenvalue weighted by atomic mass is 16.5. The van der Waals surface area contributed by atoms with Crippen LogP contribution < -0.4 is 0 Å². The quantitative estimate of drug-likeness (QED) is 0.110. The predicted molar refractivity (Wildman–Crippen MR) is 343 cm³/mol. The molecule has 25 atom stereocenters. The second kappa shape index (κ2) is 44.0. The Morgan fingerprint density at radius 3 is 1.05 bits per heavy atom. The molecule has 12 nitrogen and oxygen atoms in total. The minimum atomic E-state index is -0.382. The molecule has 0 aliphatic heterocycles. The molecule has 8 saturated carbocycles. The molecule has 8 rings (SSSR count). The molecule has 25 unspecified atom stereocenters. The summed E-state index contributed by atoms with van der Waals surface area (Å²) in [5.41, 5.74) is -0.765. The van der Waals surface area contributed by atoms with Gasteiger partial charge in [0, 0.05) is 33.4 Å². The Hall–Kier alpha value is -0.480. The molecular formula is C70H144O12. The van der Waals surface area contributed by atoms with E-state index in [0.29, 0.717) is 73.1 Å². The van der Waals surface area contributed by atoms with Crippen molar-refractivity contribution >= 4 is 0 Å². The normalized spacial score (nSPS) is 40.4. The fourth-order valence-electron chi connectivity index (χ4n) is 13.4. The van der Waals surface area contributed by atoms with E-state index in [1.54, 1.807) is 21.1 Å². The Morgan fingerprint density at radius 2 is 0.829 bits per heavy atom. The van der Waals surface area contributed by atoms with Gasteiger partial charge in [-0.05, 0) is 237 Å². The van der Waals surface area contributed by atoms with Crippen LogP contribution in [0.3, 0.4) is 0 Å². The summed E-state index contributed by atoms with van der Waals surface area (Å²) in [5.74, 6) is 11.9. The van der Waals surface area contributed by atoms with Crippen molar-refractivity contribution in [3.8, 4) is 0 Å². The topological polar surface area (TPSA) is 221 Å². The zero-order valence-electron chi connectivity index (χ0n) is 57.7. The van der Waals surface area contributed by atoms with Crippen LogP contribution in [0, 0.1) is 107 Å². The maximum atomic E-state index is 9.76. The SMILES string of the molecule is CC(C)CO.CC1CC2CC1C(C)C2O.CC1CC2CC1C(O)C2C.CC1CCC(C)(O)C(C)C1.CC1CCC(C)(O)C(C)C1.CC1CCC(O)C(C)C1.CC1CCC(O)C(C)C1.CCC(C)O.CCC(O)COC.COCC(C)CO. The van der Waals surface area contributed by atoms with Crippen molar-refractivity contribution in [2.45, 2.75) is 302 Å². The molecule has 0 saturated heterocycles. The number of hydrogen-bond donors (Lipinski definition) is 10. The minimum absolute atomic E-state index is 0.0128. The Morgan fingerprint density at radius 1 is 0.451 bits per heavy atom. The van der Waals surface area contributed by atoms with Crippen LogP contribution in [-0.2, 0) is 9.47 Å². The van der Waals surface area contributed by atoms with Gasteiger partial charge in [-0.2, -0.15) is 0 Å². The predicted octanol–water partition coefficient (Wildman–Crippen LogP) is 13.4. The van der Waals surface area contributed by atoms with Gasteiger partial charge in [0.15, 0.2) is 0 Å². The molecule has 4 bridgehead atoms. The summed E-state index contributed by atoms with van der Waals surface area (Å²) in [5, 5.41) is 91.0. The van der Waals surface area contributed by atoms with Gasteiger partial charge in [0.2, 0.25) is 0 Å². The van der Waals surface area contributed by atoms with Crippen LogP contribution in [-0.4, -0.2) is 140 Å². The van der Waals surface area contributed by atoms with Crippen molar-refractivity contribution in [1.82, 2.24) is 0 Å². The van der Waals surface area contributed by atoms with Gasteiger partial charge in [-0.1, -0.05) is 118 Å². The highest BCUT2D eigenvalue weighted by Crippen LogP contribution is 2.52. The summed E-state index contributed by atoms with van der Waals surface area (Å²) in [6.07, 6.45) is 20.1. The van der Waals surface area contributed by atoms with Crippen LogP contribution in [0.5, 0.6) is 0 Å². The first kappa shape index (κ1) is 83.6. The molecule has 82 heavy (non-hydrogen) atoms. The summed E-state index contributed by atoms with van der Waals surface area (Å²) < 4.78 is 9.38. The molecule has 8 aliphatic carbocycles. The molecule has 0 spiro atoms. The van der Waals surface area contributed by atoms with E-state index in [-0.39, 0.29) is 60.4 Å². The Kier molecular flexibility index (Phi) is 44.9. The Labute approximate surface area is 507 Å². The van der Waals surface area contributed by atoms with Gasteiger partial charge in [0.1, 0.15) is 0 Å². The summed E-state index contributed by atoms with van der Waals surface area (Å²) in [6, 6.07) is 0. The van der Waals surface area contributed by atoms with E-state index in [1.165, 1.54) is 77.0 Å². The molecule has 10 N–H and O–H groups in total. The third-order valence-electron chi connectivity index (χ3n) is 20.6. The van der Waals surface area contributed by atoms with E-state index in [0.717, 1.165) is 85.9 Å². The van der Waals surface area contributed by atoms with Gasteiger partial charge in [0.25, 0.3) is 0 Å². The zero-order chi connectivity index (χ0) is 63.8. The van der Waals surface area contributed by atoms with Gasteiger partial charge < -0.3 is 60.5 Å². The van der Waals surface area contributed by atoms with Crippen LogP contribution in [0.1, 0.15) is 254 Å². The standard InChI is InChI=1S/2C9H16O.2C9H18O.2C8H16O.2C5H12O2.2C4H10O/c1-5-3-7-4-8(5)6(2)9(7)10;1-5-3-7-4-8(5)9(10)6(7)2;2*1-7-4-5-9(3,10)8(2)6-7;2*1-6-3-4-8(9)7(2)5-6;1-5(3-6)4-7-2;1-3-5(6)4-7-2;1-4(2)3-5;1-3-4(2)5/h2*5-10H,3-4H2,1-2H3;2*7-8,10H,4-6H2,1-3H3;2*6-9H,3-5H2,1-2H3;2*5-6H,3-4H2,1-2H3;2*4-5H,3H2,1-2H3. The average molecular weight is 1180 g/mol. The van der Waals surface area contributed by atoms with E-state index in [2.05, 4.69) is 87.8 Å². The van der Waals surface area contributed by atoms with E-state index in [9.17, 15) is 30.6 Å². The molecule has 12 heteroatoms. The van der Waals surface area contributed by atoms with Crippen LogP contribution in [0.25, 0.3) is 0 Å². The number of hydrogen-bond acceptors (Lipinski definition) is 12. The number of ether oxygens (including phenoxy) is 2. The fraction of sp³-hybridized carbons (Fsp3) is 1.00. The van der Waals surface area contributed by atoms with Crippen molar-refractivity contribution in [1.29, 1.82) is 0 Å². The van der Waals surface area contributed by atoms with E-state index in [4.69, 9.17) is 25.2 Å². The molecule has 0 aromatic carbocycles. The van der Waals surface area contributed by atoms with Crippen molar-refractivity contribution in [3.63, 3.8) is 0 Å². The van der Waals surface area contributed by atoms with Gasteiger partial charge in [-0.3, -0.25) is 0 Å². The minimum Gasteiger partial charge on any atom is -0.396 e. The molecule has 0 amide bonds. The first-order chi connectivity index (χ1) is 38.0. The highest BCUT2D eigenvalue weighted by molar-refractivity contribution is 4.99. The first-order valence-electron chi connectivity index (χ1n) is 33.7. The number of methoxy groups -OCH3 is 2. The van der Waals surface area contributed by atoms with Gasteiger partial charge >= 0.3 is 0 Å². The summed E-state index contributed by atoms with van der Waals surface area (Å²) >= 11 is 0. The lowest BCUT2D eigenvalue weighted by Gasteiger charge is -2.37. The lowest BCUT2D eigenvalue weighted by molar-refractivity contribution is -0.0367. The molecule has 0 aromatic rings. The summed E-state index contributed by atoms with van der Waals surface area (Å²) in [4.78, 5) is 0. The van der Waals surface area contributed by atoms with Crippen LogP contribution in [0.4, 0.5) is 0 Å². The number of rotatable bonds is 8. The van der Waals surface area contributed by atoms with Crippen LogP contribution in [0.2, 0.25) is 0 Å². The van der Waals surface area contributed by atoms with Gasteiger partial charge in [-0.25, -0.2) is 0 Å². The maximum absolute atomic E-state index is 9.76. The second-order valence-electron chi connectivity index (χ2n) is 29.7. The Bertz CT molecular complexity index is 1380. The van der Waals surface area contributed by atoms with Crippen molar-refractivity contribution in [2.24, 2.45) is 107 Å². The number of aliphatic hydroxyl groups excluding tert-OH is 8. The van der Waals surface area contributed by atoms with Gasteiger partial charge in [0.05, 0.1) is 61.0 Å². The lowest BCUT2D eigenvalue weighted by Crippen LogP contribution is -2.37. The van der Waals surface area contributed by atoms with Gasteiger partial charge in [-0.15, -0.1) is 0 Å². The molecule has 496 valence electrons. The molecule has 8 fully saturated rings. The third kappa shape index (κ3) is 34.3. The lowest BCUT2D eigenvalue weighted by atomic mass is 9.73. The van der Waals surface area contributed by atoms with E-state index >= 15 is 0 Å². The highest BCUT2D eigenvalue weighted by Gasteiger charge is 2.49. The average Bonchev–Trinajstić information content (AvgIpc) is 4.35. The fourth-order valence-corrected chi connectivity index (χ4v) is 13.4. The largest absolute Gasteiger partial charge is 0.396 e. The number of fused-ring (bicyclic) bond motifs is 4. The van der Waals surface area contributed by atoms with Crippen molar-refractivity contribution in [3.05, 3.63) is 0 Å². The van der Waals surface area contributed by atoms with Crippen LogP contribution >= 0.6 is 0 Å². The van der Waals surface area contributed by atoms with Crippen LogP contribution in [0.15, 0.2) is 0 Å². The summed E-state index contributed by atoms with van der Waals surface area (Å²) in [7, 11) is 3.21. The number of aliphatic hydroxyl groups is 10. The van der Waals surface area contributed by atoms with E-state index in [1.807, 2.05) is 48.5 Å².